The number of rotatable bonds is 4. The third kappa shape index (κ3) is 2.49. The van der Waals surface area contributed by atoms with E-state index >= 15 is 0 Å². The van der Waals surface area contributed by atoms with E-state index in [2.05, 4.69) is 10.2 Å². The normalized spacial score (nSPS) is 13.2. The molecule has 1 rings (SSSR count). The van der Waals surface area contributed by atoms with Crippen molar-refractivity contribution in [3.05, 3.63) is 11.8 Å². The van der Waals surface area contributed by atoms with Gasteiger partial charge in [0.2, 0.25) is 11.8 Å². The van der Waals surface area contributed by atoms with E-state index in [9.17, 15) is 0 Å². The van der Waals surface area contributed by atoms with Gasteiger partial charge in [0.25, 0.3) is 0 Å². The molecule has 1 aromatic rings. The zero-order chi connectivity index (χ0) is 8.97. The summed E-state index contributed by atoms with van der Waals surface area (Å²) >= 11 is 1.76. The van der Waals surface area contributed by atoms with Gasteiger partial charge in [-0.3, -0.25) is 0 Å². The summed E-state index contributed by atoms with van der Waals surface area (Å²) in [4.78, 5) is 0. The van der Waals surface area contributed by atoms with Gasteiger partial charge in [0.15, 0.2) is 0 Å². The van der Waals surface area contributed by atoms with Crippen molar-refractivity contribution in [2.75, 3.05) is 12.0 Å². The van der Waals surface area contributed by atoms with Crippen LogP contribution in [0.5, 0.6) is 0 Å². The molecule has 0 bridgehead atoms. The van der Waals surface area contributed by atoms with E-state index in [0.29, 0.717) is 11.8 Å². The average molecular weight is 187 g/mol. The highest BCUT2D eigenvalue weighted by atomic mass is 32.2. The van der Waals surface area contributed by atoms with Crippen molar-refractivity contribution >= 4 is 11.8 Å². The lowest BCUT2D eigenvalue weighted by molar-refractivity contribution is 0.426. The van der Waals surface area contributed by atoms with Crippen molar-refractivity contribution in [1.29, 1.82) is 0 Å². The van der Waals surface area contributed by atoms with Gasteiger partial charge in [-0.25, -0.2) is 0 Å². The third-order valence-electron chi connectivity index (χ3n) is 1.49. The molecule has 4 nitrogen and oxygen atoms in total. The summed E-state index contributed by atoms with van der Waals surface area (Å²) in [7, 11) is 0. The minimum absolute atomic E-state index is 0.112. The van der Waals surface area contributed by atoms with Crippen LogP contribution in [-0.2, 0) is 0 Å². The molecular formula is C7H13N3OS. The number of nitrogens with two attached hydrogens (primary N) is 1. The Morgan fingerprint density at radius 1 is 1.58 bits per heavy atom. The van der Waals surface area contributed by atoms with Gasteiger partial charge in [0.1, 0.15) is 0 Å². The second kappa shape index (κ2) is 4.47. The highest BCUT2D eigenvalue weighted by molar-refractivity contribution is 7.98. The molecule has 0 fully saturated rings. The maximum atomic E-state index is 5.78. The van der Waals surface area contributed by atoms with Crippen molar-refractivity contribution < 1.29 is 4.42 Å². The minimum Gasteiger partial charge on any atom is -0.424 e. The second-order valence-corrected chi connectivity index (χ2v) is 3.53. The largest absolute Gasteiger partial charge is 0.424 e. The zero-order valence-electron chi connectivity index (χ0n) is 7.28. The molecule has 0 saturated carbocycles. The summed E-state index contributed by atoms with van der Waals surface area (Å²) in [6.45, 7) is 1.76. The van der Waals surface area contributed by atoms with Crippen LogP contribution in [0.1, 0.15) is 24.2 Å². The molecule has 2 N–H and O–H groups in total. The van der Waals surface area contributed by atoms with Crippen LogP contribution in [0.2, 0.25) is 0 Å². The quantitative estimate of drug-likeness (QED) is 0.765. The number of nitrogens with zero attached hydrogens (tertiary/aromatic N) is 2. The summed E-state index contributed by atoms with van der Waals surface area (Å²) in [6.07, 6.45) is 2.93. The second-order valence-electron chi connectivity index (χ2n) is 2.55. The number of hydrogen-bond acceptors (Lipinski definition) is 5. The van der Waals surface area contributed by atoms with E-state index in [1.807, 2.05) is 6.26 Å². The fourth-order valence-electron chi connectivity index (χ4n) is 0.830. The van der Waals surface area contributed by atoms with Crippen LogP contribution in [0.3, 0.4) is 0 Å². The Labute approximate surface area is 75.9 Å². The third-order valence-corrected chi connectivity index (χ3v) is 2.14. The Hall–Kier alpha value is -0.550. The Morgan fingerprint density at radius 3 is 2.83 bits per heavy atom. The molecular weight excluding hydrogens is 174 g/mol. The van der Waals surface area contributed by atoms with Crippen molar-refractivity contribution in [3.8, 4) is 0 Å². The molecule has 0 amide bonds. The fraction of sp³-hybridized carbons (Fsp3) is 0.714. The number of hydrogen-bond donors (Lipinski definition) is 1. The van der Waals surface area contributed by atoms with Gasteiger partial charge in [0, 0.05) is 6.92 Å². The maximum Gasteiger partial charge on any atom is 0.233 e. The van der Waals surface area contributed by atoms with Gasteiger partial charge in [-0.05, 0) is 18.4 Å². The number of thioether (sulfide) groups is 1. The van der Waals surface area contributed by atoms with Crippen molar-refractivity contribution in [3.63, 3.8) is 0 Å². The average Bonchev–Trinajstić information content (AvgIpc) is 2.47. The lowest BCUT2D eigenvalue weighted by Gasteiger charge is -2.03. The molecule has 0 aliphatic rings. The van der Waals surface area contributed by atoms with E-state index in [0.717, 1.165) is 12.2 Å². The maximum absolute atomic E-state index is 5.78. The fourth-order valence-corrected chi connectivity index (χ4v) is 1.32. The molecule has 0 aliphatic heterocycles. The summed E-state index contributed by atoms with van der Waals surface area (Å²) in [5.74, 6) is 2.13. The van der Waals surface area contributed by atoms with Crippen LogP contribution in [-0.4, -0.2) is 22.2 Å². The van der Waals surface area contributed by atoms with Gasteiger partial charge >= 0.3 is 0 Å². The molecule has 0 radical (unpaired) electrons. The molecule has 0 aliphatic carbocycles. The Kier molecular flexibility index (Phi) is 3.55. The predicted octanol–water partition coefficient (Wildman–Crippen LogP) is 1.13. The predicted molar refractivity (Wildman–Crippen MR) is 49.0 cm³/mol. The summed E-state index contributed by atoms with van der Waals surface area (Å²) < 4.78 is 5.19. The summed E-state index contributed by atoms with van der Waals surface area (Å²) in [6, 6.07) is -0.112. The van der Waals surface area contributed by atoms with Crippen molar-refractivity contribution in [1.82, 2.24) is 10.2 Å². The Bertz CT molecular complexity index is 238. The topological polar surface area (TPSA) is 64.9 Å². The first-order valence-electron chi connectivity index (χ1n) is 3.78. The molecule has 0 aromatic carbocycles. The molecule has 1 heterocycles. The standard InChI is InChI=1S/C7H13N3OS/c1-5-9-10-7(11-5)6(8)3-4-12-2/h6H,3-4,8H2,1-2H3/t6-/m0/s1. The van der Waals surface area contributed by atoms with Gasteiger partial charge in [-0.2, -0.15) is 11.8 Å². The highest BCUT2D eigenvalue weighted by Gasteiger charge is 2.11. The number of aryl methyl sites for hydroxylation is 1. The van der Waals surface area contributed by atoms with Crippen molar-refractivity contribution in [2.45, 2.75) is 19.4 Å². The van der Waals surface area contributed by atoms with Gasteiger partial charge in [-0.1, -0.05) is 0 Å². The highest BCUT2D eigenvalue weighted by Crippen LogP contribution is 2.13. The summed E-state index contributed by atoms with van der Waals surface area (Å²) in [5, 5.41) is 7.56. The lowest BCUT2D eigenvalue weighted by Crippen LogP contribution is -2.11. The number of aromatic nitrogens is 2. The van der Waals surface area contributed by atoms with E-state index < -0.39 is 0 Å². The van der Waals surface area contributed by atoms with E-state index in [-0.39, 0.29) is 6.04 Å². The molecule has 68 valence electrons. The van der Waals surface area contributed by atoms with Crippen LogP contribution in [0.25, 0.3) is 0 Å². The van der Waals surface area contributed by atoms with Crippen molar-refractivity contribution in [2.24, 2.45) is 5.73 Å². The summed E-state index contributed by atoms with van der Waals surface area (Å²) in [5.41, 5.74) is 5.78. The molecule has 5 heteroatoms. The molecule has 12 heavy (non-hydrogen) atoms. The first-order chi connectivity index (χ1) is 5.74. The van der Waals surface area contributed by atoms with Crippen LogP contribution >= 0.6 is 11.8 Å². The first kappa shape index (κ1) is 9.54. The van der Waals surface area contributed by atoms with E-state index in [1.165, 1.54) is 0 Å². The first-order valence-corrected chi connectivity index (χ1v) is 5.18. The Morgan fingerprint density at radius 2 is 2.33 bits per heavy atom. The van der Waals surface area contributed by atoms with Crippen LogP contribution < -0.4 is 5.73 Å². The SMILES string of the molecule is CSCC[C@H](N)c1nnc(C)o1. The smallest absolute Gasteiger partial charge is 0.233 e. The molecule has 1 atom stereocenters. The monoisotopic (exact) mass is 187 g/mol. The molecule has 0 spiro atoms. The van der Waals surface area contributed by atoms with E-state index in [1.54, 1.807) is 18.7 Å². The Balaban J connectivity index is 2.47. The van der Waals surface area contributed by atoms with Crippen LogP contribution in [0.4, 0.5) is 0 Å². The lowest BCUT2D eigenvalue weighted by atomic mass is 10.2. The van der Waals surface area contributed by atoms with Gasteiger partial charge in [0.05, 0.1) is 6.04 Å². The zero-order valence-corrected chi connectivity index (χ0v) is 8.10. The molecule has 1 aromatic heterocycles. The molecule has 0 saturated heterocycles. The van der Waals surface area contributed by atoms with Crippen LogP contribution in [0.15, 0.2) is 4.42 Å². The van der Waals surface area contributed by atoms with Gasteiger partial charge < -0.3 is 10.2 Å². The minimum atomic E-state index is -0.112. The van der Waals surface area contributed by atoms with E-state index in [4.69, 9.17) is 10.2 Å². The van der Waals surface area contributed by atoms with Gasteiger partial charge in [-0.15, -0.1) is 10.2 Å². The molecule has 0 unspecified atom stereocenters. The van der Waals surface area contributed by atoms with Crippen LogP contribution in [0, 0.1) is 6.92 Å².